The molecule has 1 aromatic rings. The summed E-state index contributed by atoms with van der Waals surface area (Å²) in [4.78, 5) is 10.8. The highest BCUT2D eigenvalue weighted by Gasteiger charge is 2.48. The first-order chi connectivity index (χ1) is 12.3. The van der Waals surface area contributed by atoms with Crippen LogP contribution < -0.4 is 0 Å². The van der Waals surface area contributed by atoms with Gasteiger partial charge in [0.15, 0.2) is 5.84 Å². The Morgan fingerprint density at radius 2 is 2.00 bits per heavy atom. The van der Waals surface area contributed by atoms with E-state index < -0.39 is 24.3 Å². The molecule has 1 saturated heterocycles. The molecule has 0 amide bonds. The number of aliphatic imine (C=N–C) groups is 1. The second-order valence-corrected chi connectivity index (χ2v) is 6.28. The lowest BCUT2D eigenvalue weighted by Gasteiger charge is -2.33. The second-order valence-electron chi connectivity index (χ2n) is 6.28. The minimum absolute atomic E-state index is 0.0630. The fourth-order valence-corrected chi connectivity index (χ4v) is 2.89. The quantitative estimate of drug-likeness (QED) is 0.760. The Kier molecular flexibility index (Phi) is 5.50. The largest absolute Gasteiger partial charge is 0.437 e. The highest BCUT2D eigenvalue weighted by Crippen LogP contribution is 2.31. The van der Waals surface area contributed by atoms with Crippen LogP contribution in [-0.2, 0) is 9.57 Å². The number of alkyl halides is 3. The number of hydroxylamine groups is 2. The van der Waals surface area contributed by atoms with Gasteiger partial charge in [0.2, 0.25) is 0 Å². The van der Waals surface area contributed by atoms with E-state index in [0.717, 1.165) is 11.1 Å². The molecular formula is C17H19F4N3O2. The second kappa shape index (κ2) is 7.50. The van der Waals surface area contributed by atoms with Gasteiger partial charge in [-0.2, -0.15) is 13.2 Å². The average molecular weight is 373 g/mol. The van der Waals surface area contributed by atoms with Crippen molar-refractivity contribution >= 4 is 5.84 Å². The zero-order valence-electron chi connectivity index (χ0n) is 14.2. The third-order valence-electron chi connectivity index (χ3n) is 4.23. The number of rotatable bonds is 4. The Balaban J connectivity index is 1.84. The van der Waals surface area contributed by atoms with Crippen LogP contribution in [0.1, 0.15) is 18.1 Å². The summed E-state index contributed by atoms with van der Waals surface area (Å²) < 4.78 is 58.4. The van der Waals surface area contributed by atoms with Crippen molar-refractivity contribution < 1.29 is 27.1 Å². The van der Waals surface area contributed by atoms with Gasteiger partial charge in [-0.1, -0.05) is 12.1 Å². The van der Waals surface area contributed by atoms with E-state index in [1.807, 2.05) is 0 Å². The Morgan fingerprint density at radius 1 is 1.31 bits per heavy atom. The molecule has 0 spiro atoms. The third kappa shape index (κ3) is 4.16. The number of hydrogen-bond donors (Lipinski definition) is 0. The van der Waals surface area contributed by atoms with Gasteiger partial charge in [0, 0.05) is 32.1 Å². The monoisotopic (exact) mass is 373 g/mol. The van der Waals surface area contributed by atoms with Gasteiger partial charge in [-0.05, 0) is 18.6 Å². The van der Waals surface area contributed by atoms with Crippen LogP contribution in [0.2, 0.25) is 0 Å². The van der Waals surface area contributed by atoms with Gasteiger partial charge in [0.25, 0.3) is 6.23 Å². The Morgan fingerprint density at radius 3 is 2.62 bits per heavy atom. The maximum absolute atomic E-state index is 13.8. The standard InChI is InChI=1S/C17H19F4N3O2/c1-11-3-4-13(9-14(11)18)15-22-16(17(19,20)21)26-24(15)12(2)10-23-5-7-25-8-6-23/h1,3-4,9,12,16H,5-8,10H2,2H3/t12?,16-/m1/s1. The predicted molar refractivity (Wildman–Crippen MR) is 85.8 cm³/mol. The molecule has 0 N–H and O–H groups in total. The zero-order valence-corrected chi connectivity index (χ0v) is 14.2. The molecule has 1 aromatic carbocycles. The molecule has 142 valence electrons. The van der Waals surface area contributed by atoms with Crippen LogP contribution in [0.15, 0.2) is 23.2 Å². The smallest absolute Gasteiger partial charge is 0.379 e. The van der Waals surface area contributed by atoms with Gasteiger partial charge in [-0.3, -0.25) is 4.90 Å². The molecule has 0 bridgehead atoms. The fraction of sp³-hybridized carbons (Fsp3) is 0.529. The molecule has 3 rings (SSSR count). The van der Waals surface area contributed by atoms with Gasteiger partial charge in [-0.25, -0.2) is 19.3 Å². The van der Waals surface area contributed by atoms with Crippen LogP contribution in [0.25, 0.3) is 0 Å². The predicted octanol–water partition coefficient (Wildman–Crippen LogP) is 2.49. The molecule has 2 aliphatic heterocycles. The average Bonchev–Trinajstić information content (AvgIpc) is 3.04. The number of morpholine rings is 1. The van der Waals surface area contributed by atoms with Crippen molar-refractivity contribution in [3.63, 3.8) is 0 Å². The van der Waals surface area contributed by atoms with Crippen molar-refractivity contribution in [1.29, 1.82) is 0 Å². The Bertz CT molecular complexity index is 674. The van der Waals surface area contributed by atoms with E-state index in [4.69, 9.17) is 16.5 Å². The van der Waals surface area contributed by atoms with Crippen LogP contribution in [0, 0.1) is 12.7 Å². The highest BCUT2D eigenvalue weighted by molar-refractivity contribution is 5.99. The lowest BCUT2D eigenvalue weighted by atomic mass is 10.1. The van der Waals surface area contributed by atoms with Gasteiger partial charge in [-0.15, -0.1) is 0 Å². The molecule has 1 fully saturated rings. The maximum atomic E-state index is 13.8. The summed E-state index contributed by atoms with van der Waals surface area (Å²) in [5.41, 5.74) is 0.0887. The first-order valence-corrected chi connectivity index (χ1v) is 8.21. The molecule has 2 aliphatic rings. The molecule has 2 heterocycles. The summed E-state index contributed by atoms with van der Waals surface area (Å²) >= 11 is 0. The maximum Gasteiger partial charge on any atom is 0.437 e. The molecule has 9 heteroatoms. The van der Waals surface area contributed by atoms with Crippen LogP contribution >= 0.6 is 0 Å². The van der Waals surface area contributed by atoms with Gasteiger partial charge >= 0.3 is 6.18 Å². The first kappa shape index (κ1) is 19.1. The van der Waals surface area contributed by atoms with Crippen molar-refractivity contribution in [3.8, 4) is 0 Å². The molecule has 5 nitrogen and oxygen atoms in total. The minimum atomic E-state index is -4.66. The number of benzene rings is 1. The van der Waals surface area contributed by atoms with Crippen molar-refractivity contribution in [2.75, 3.05) is 32.8 Å². The molecule has 2 atom stereocenters. The summed E-state index contributed by atoms with van der Waals surface area (Å²) in [5.74, 6) is -0.784. The van der Waals surface area contributed by atoms with E-state index >= 15 is 0 Å². The van der Waals surface area contributed by atoms with E-state index in [0.29, 0.717) is 32.8 Å². The van der Waals surface area contributed by atoms with Crippen molar-refractivity contribution in [2.24, 2.45) is 4.99 Å². The highest BCUT2D eigenvalue weighted by atomic mass is 19.4. The lowest BCUT2D eigenvalue weighted by Crippen LogP contribution is -2.47. The summed E-state index contributed by atoms with van der Waals surface area (Å²) in [6.07, 6.45) is -6.98. The number of nitrogens with zero attached hydrogens (tertiary/aromatic N) is 3. The van der Waals surface area contributed by atoms with Crippen LogP contribution in [0.4, 0.5) is 17.6 Å². The molecule has 0 aromatic heterocycles. The molecule has 26 heavy (non-hydrogen) atoms. The van der Waals surface area contributed by atoms with Crippen molar-refractivity contribution in [3.05, 3.63) is 42.1 Å². The van der Waals surface area contributed by atoms with Crippen molar-refractivity contribution in [2.45, 2.75) is 25.4 Å². The number of ether oxygens (including phenoxy) is 1. The minimum Gasteiger partial charge on any atom is -0.379 e. The SMILES string of the molecule is [CH]c1ccc(C2=N[C@@H](C(F)(F)F)ON2C(C)CN2CCOCC2)cc1F. The fourth-order valence-electron chi connectivity index (χ4n) is 2.89. The lowest BCUT2D eigenvalue weighted by molar-refractivity contribution is -0.268. The van der Waals surface area contributed by atoms with Crippen LogP contribution in [-0.4, -0.2) is 67.1 Å². The molecule has 2 radical (unpaired) electrons. The van der Waals surface area contributed by atoms with E-state index in [-0.39, 0.29) is 17.0 Å². The zero-order chi connectivity index (χ0) is 18.9. The van der Waals surface area contributed by atoms with Crippen LogP contribution in [0.5, 0.6) is 0 Å². The summed E-state index contributed by atoms with van der Waals surface area (Å²) in [5, 5.41) is 1.11. The number of amidine groups is 1. The van der Waals surface area contributed by atoms with Crippen molar-refractivity contribution in [1.82, 2.24) is 9.96 Å². The Labute approximate surface area is 149 Å². The van der Waals surface area contributed by atoms with Gasteiger partial charge in [0.1, 0.15) is 5.82 Å². The number of hydrogen-bond acceptors (Lipinski definition) is 5. The summed E-state index contributed by atoms with van der Waals surface area (Å²) in [7, 11) is 0. The Hall–Kier alpha value is -1.71. The number of halogens is 4. The van der Waals surface area contributed by atoms with Gasteiger partial charge < -0.3 is 4.74 Å². The van der Waals surface area contributed by atoms with Crippen LogP contribution in [0.3, 0.4) is 0 Å². The van der Waals surface area contributed by atoms with E-state index in [9.17, 15) is 17.6 Å². The van der Waals surface area contributed by atoms with E-state index in [1.165, 1.54) is 12.1 Å². The molecule has 0 aliphatic carbocycles. The normalized spacial score (nSPS) is 23.2. The molecular weight excluding hydrogens is 354 g/mol. The first-order valence-electron chi connectivity index (χ1n) is 8.21. The van der Waals surface area contributed by atoms with Gasteiger partial charge in [0.05, 0.1) is 19.3 Å². The topological polar surface area (TPSA) is 37.3 Å². The van der Waals surface area contributed by atoms with E-state index in [2.05, 4.69) is 9.89 Å². The molecule has 0 saturated carbocycles. The van der Waals surface area contributed by atoms with E-state index in [1.54, 1.807) is 6.92 Å². The molecule has 1 unspecified atom stereocenters. The summed E-state index contributed by atoms with van der Waals surface area (Å²) in [6.45, 7) is 10.2. The summed E-state index contributed by atoms with van der Waals surface area (Å²) in [6, 6.07) is 3.34. The third-order valence-corrected chi connectivity index (χ3v) is 4.23.